The Hall–Kier alpha value is -1.98. The van der Waals surface area contributed by atoms with Crippen LogP contribution in [0.2, 0.25) is 0 Å². The largest absolute Gasteiger partial charge is 0.444 e. The summed E-state index contributed by atoms with van der Waals surface area (Å²) in [5.74, 6) is -0.152. The van der Waals surface area contributed by atoms with E-state index in [1.54, 1.807) is 20.8 Å². The van der Waals surface area contributed by atoms with Crippen molar-refractivity contribution in [1.82, 2.24) is 15.3 Å². The molecule has 20 heavy (non-hydrogen) atoms. The van der Waals surface area contributed by atoms with Gasteiger partial charge in [-0.05, 0) is 27.2 Å². The summed E-state index contributed by atoms with van der Waals surface area (Å²) in [6.45, 7) is 7.26. The molecule has 0 radical (unpaired) electrons. The van der Waals surface area contributed by atoms with Crippen molar-refractivity contribution in [2.24, 2.45) is 0 Å². The number of aromatic nitrogens is 2. The molecule has 1 amide bonds. The molecule has 1 rings (SSSR count). The molecule has 6 heteroatoms. The summed E-state index contributed by atoms with van der Waals surface area (Å²) in [4.78, 5) is 31.5. The van der Waals surface area contributed by atoms with Crippen LogP contribution in [0, 0.1) is 0 Å². The van der Waals surface area contributed by atoms with Gasteiger partial charge in [0.15, 0.2) is 5.78 Å². The summed E-state index contributed by atoms with van der Waals surface area (Å²) < 4.78 is 5.17. The van der Waals surface area contributed by atoms with Gasteiger partial charge < -0.3 is 10.1 Å². The highest BCUT2D eigenvalue weighted by molar-refractivity contribution is 5.94. The average molecular weight is 279 g/mol. The quantitative estimate of drug-likeness (QED) is 0.837. The number of ketones is 1. The van der Waals surface area contributed by atoms with E-state index in [4.69, 9.17) is 4.74 Å². The van der Waals surface area contributed by atoms with Crippen LogP contribution in [0.1, 0.15) is 51.0 Å². The predicted molar refractivity (Wildman–Crippen MR) is 74.4 cm³/mol. The van der Waals surface area contributed by atoms with Gasteiger partial charge in [-0.15, -0.1) is 0 Å². The fraction of sp³-hybridized carbons (Fsp3) is 0.571. The maximum absolute atomic E-state index is 12.0. The van der Waals surface area contributed by atoms with Crippen molar-refractivity contribution in [1.29, 1.82) is 0 Å². The van der Waals surface area contributed by atoms with E-state index in [9.17, 15) is 9.59 Å². The lowest BCUT2D eigenvalue weighted by molar-refractivity contribution is 0.0500. The lowest BCUT2D eigenvalue weighted by atomic mass is 10.1. The van der Waals surface area contributed by atoms with E-state index in [1.807, 2.05) is 6.92 Å². The molecule has 0 spiro atoms. The zero-order valence-corrected chi connectivity index (χ0v) is 12.3. The number of carbonyl (C=O) groups is 2. The molecular weight excluding hydrogens is 258 g/mol. The van der Waals surface area contributed by atoms with Crippen molar-refractivity contribution in [2.45, 2.75) is 52.2 Å². The molecule has 0 aliphatic heterocycles. The second-order valence-corrected chi connectivity index (χ2v) is 5.47. The Kier molecular flexibility index (Phi) is 5.61. The fourth-order valence-electron chi connectivity index (χ4n) is 1.54. The van der Waals surface area contributed by atoms with Crippen molar-refractivity contribution in [3.05, 3.63) is 24.3 Å². The van der Waals surface area contributed by atoms with Gasteiger partial charge in [-0.25, -0.2) is 9.78 Å². The molecule has 0 saturated heterocycles. The first-order valence-electron chi connectivity index (χ1n) is 6.60. The van der Waals surface area contributed by atoms with Crippen LogP contribution in [0.25, 0.3) is 0 Å². The molecule has 1 aromatic rings. The van der Waals surface area contributed by atoms with Crippen LogP contribution in [0.4, 0.5) is 4.79 Å². The van der Waals surface area contributed by atoms with Crippen molar-refractivity contribution in [2.75, 3.05) is 0 Å². The highest BCUT2D eigenvalue weighted by atomic mass is 16.6. The van der Waals surface area contributed by atoms with Crippen molar-refractivity contribution in [3.8, 4) is 0 Å². The van der Waals surface area contributed by atoms with Crippen LogP contribution in [-0.4, -0.2) is 33.5 Å². The standard InChI is InChI=1S/C14H21N3O3/c1-5-10(17-13(19)20-14(2,3)4)8-12(18)11-9-15-6-7-16-11/h6-7,9-10H,5,8H2,1-4H3,(H,17,19). The van der Waals surface area contributed by atoms with E-state index in [0.717, 1.165) is 0 Å². The van der Waals surface area contributed by atoms with Gasteiger partial charge >= 0.3 is 6.09 Å². The van der Waals surface area contributed by atoms with Crippen molar-refractivity contribution < 1.29 is 14.3 Å². The summed E-state index contributed by atoms with van der Waals surface area (Å²) in [5, 5.41) is 2.69. The molecule has 0 aliphatic carbocycles. The Balaban J connectivity index is 2.55. The molecule has 1 N–H and O–H groups in total. The number of nitrogens with one attached hydrogen (secondary N) is 1. The number of hydrogen-bond acceptors (Lipinski definition) is 5. The molecule has 0 aliphatic rings. The smallest absolute Gasteiger partial charge is 0.407 e. The van der Waals surface area contributed by atoms with Crippen LogP contribution in [0.5, 0.6) is 0 Å². The first kappa shape index (κ1) is 16.1. The molecule has 110 valence electrons. The van der Waals surface area contributed by atoms with E-state index >= 15 is 0 Å². The molecule has 1 aromatic heterocycles. The third-order valence-corrected chi connectivity index (χ3v) is 2.49. The molecule has 1 heterocycles. The van der Waals surface area contributed by atoms with Gasteiger partial charge in [0.05, 0.1) is 6.20 Å². The second kappa shape index (κ2) is 6.98. The minimum absolute atomic E-state index is 0.152. The predicted octanol–water partition coefficient (Wildman–Crippen LogP) is 2.35. The van der Waals surface area contributed by atoms with E-state index in [-0.39, 0.29) is 18.2 Å². The molecule has 1 unspecified atom stereocenters. The maximum atomic E-state index is 12.0. The lowest BCUT2D eigenvalue weighted by Gasteiger charge is -2.22. The first-order chi connectivity index (χ1) is 9.31. The molecule has 1 atom stereocenters. The topological polar surface area (TPSA) is 81.2 Å². The van der Waals surface area contributed by atoms with Gasteiger partial charge in [0, 0.05) is 24.9 Å². The molecular formula is C14H21N3O3. The Bertz CT molecular complexity index is 454. The zero-order chi connectivity index (χ0) is 15.2. The number of alkyl carbamates (subject to hydrolysis) is 1. The maximum Gasteiger partial charge on any atom is 0.407 e. The minimum atomic E-state index is -0.558. The van der Waals surface area contributed by atoms with Crippen LogP contribution < -0.4 is 5.32 Å². The Morgan fingerprint density at radius 3 is 2.55 bits per heavy atom. The van der Waals surface area contributed by atoms with Gasteiger partial charge in [-0.1, -0.05) is 6.92 Å². The number of carbonyl (C=O) groups excluding carboxylic acids is 2. The molecule has 0 bridgehead atoms. The fourth-order valence-corrected chi connectivity index (χ4v) is 1.54. The number of nitrogens with zero attached hydrogens (tertiary/aromatic N) is 2. The Labute approximate surface area is 119 Å². The minimum Gasteiger partial charge on any atom is -0.444 e. The summed E-state index contributed by atoms with van der Waals surface area (Å²) in [5.41, 5.74) is -0.256. The van der Waals surface area contributed by atoms with E-state index < -0.39 is 11.7 Å². The number of ether oxygens (including phenoxy) is 1. The summed E-state index contributed by atoms with van der Waals surface area (Å²) in [6.07, 6.45) is 4.68. The normalized spacial score (nSPS) is 12.6. The number of amides is 1. The molecule has 0 aromatic carbocycles. The highest BCUT2D eigenvalue weighted by Gasteiger charge is 2.21. The summed E-state index contributed by atoms with van der Waals surface area (Å²) in [6, 6.07) is -0.278. The lowest BCUT2D eigenvalue weighted by Crippen LogP contribution is -2.40. The van der Waals surface area contributed by atoms with E-state index in [2.05, 4.69) is 15.3 Å². The van der Waals surface area contributed by atoms with Gasteiger partial charge in [0.2, 0.25) is 0 Å². The second-order valence-electron chi connectivity index (χ2n) is 5.47. The van der Waals surface area contributed by atoms with Crippen LogP contribution in [-0.2, 0) is 4.74 Å². The Morgan fingerprint density at radius 1 is 1.35 bits per heavy atom. The molecule has 0 saturated carbocycles. The van der Waals surface area contributed by atoms with Gasteiger partial charge in [0.1, 0.15) is 11.3 Å². The number of Topliss-reactive ketones (excluding diaryl/α,β-unsaturated/α-hetero) is 1. The SMILES string of the molecule is CCC(CC(=O)c1cnccn1)NC(=O)OC(C)(C)C. The third-order valence-electron chi connectivity index (χ3n) is 2.49. The first-order valence-corrected chi connectivity index (χ1v) is 6.60. The highest BCUT2D eigenvalue weighted by Crippen LogP contribution is 2.09. The van der Waals surface area contributed by atoms with Gasteiger partial charge in [-0.2, -0.15) is 0 Å². The van der Waals surface area contributed by atoms with E-state index in [1.165, 1.54) is 18.6 Å². The molecule has 6 nitrogen and oxygen atoms in total. The van der Waals surface area contributed by atoms with Crippen molar-refractivity contribution >= 4 is 11.9 Å². The Morgan fingerprint density at radius 2 is 2.05 bits per heavy atom. The molecule has 0 fully saturated rings. The van der Waals surface area contributed by atoms with Crippen LogP contribution >= 0.6 is 0 Å². The summed E-state index contributed by atoms with van der Waals surface area (Å²) in [7, 11) is 0. The monoisotopic (exact) mass is 279 g/mol. The van der Waals surface area contributed by atoms with Crippen molar-refractivity contribution in [3.63, 3.8) is 0 Å². The average Bonchev–Trinajstić information content (AvgIpc) is 2.36. The summed E-state index contributed by atoms with van der Waals surface area (Å²) >= 11 is 0. The van der Waals surface area contributed by atoms with Gasteiger partial charge in [0.25, 0.3) is 0 Å². The van der Waals surface area contributed by atoms with Crippen LogP contribution in [0.15, 0.2) is 18.6 Å². The number of hydrogen-bond donors (Lipinski definition) is 1. The zero-order valence-electron chi connectivity index (χ0n) is 12.3. The van der Waals surface area contributed by atoms with E-state index in [0.29, 0.717) is 12.1 Å². The van der Waals surface area contributed by atoms with Crippen LogP contribution in [0.3, 0.4) is 0 Å². The third kappa shape index (κ3) is 5.77. The number of rotatable bonds is 5. The van der Waals surface area contributed by atoms with Gasteiger partial charge in [-0.3, -0.25) is 9.78 Å².